The summed E-state index contributed by atoms with van der Waals surface area (Å²) >= 11 is 6.87. The molecule has 1 fully saturated rings. The molecular formula is C10H12Br2N2O. The van der Waals surface area contributed by atoms with E-state index in [0.717, 1.165) is 14.8 Å². The van der Waals surface area contributed by atoms with E-state index in [1.807, 2.05) is 6.07 Å². The van der Waals surface area contributed by atoms with E-state index in [1.54, 1.807) is 6.20 Å². The van der Waals surface area contributed by atoms with Crippen LogP contribution in [0.4, 0.5) is 5.82 Å². The van der Waals surface area contributed by atoms with Crippen LogP contribution in [0.15, 0.2) is 21.2 Å². The fourth-order valence-electron chi connectivity index (χ4n) is 1.57. The van der Waals surface area contributed by atoms with E-state index >= 15 is 0 Å². The largest absolute Gasteiger partial charge is 0.395 e. The highest BCUT2D eigenvalue weighted by Gasteiger charge is 2.30. The molecule has 0 bridgehead atoms. The number of aliphatic hydroxyl groups is 1. The number of pyridine rings is 1. The van der Waals surface area contributed by atoms with Crippen molar-refractivity contribution in [3.8, 4) is 0 Å². The minimum absolute atomic E-state index is 0.167. The lowest BCUT2D eigenvalue weighted by molar-refractivity contribution is 0.301. The summed E-state index contributed by atoms with van der Waals surface area (Å²) in [4.78, 5) is 6.54. The van der Waals surface area contributed by atoms with Gasteiger partial charge < -0.3 is 10.0 Å². The molecule has 0 aromatic carbocycles. The number of hydrogen-bond donors (Lipinski definition) is 1. The van der Waals surface area contributed by atoms with Crippen molar-refractivity contribution < 1.29 is 5.11 Å². The van der Waals surface area contributed by atoms with Gasteiger partial charge in [0.05, 0.1) is 11.1 Å². The Balaban J connectivity index is 2.24. The van der Waals surface area contributed by atoms with Gasteiger partial charge in [0.2, 0.25) is 0 Å². The Bertz CT molecular complexity index is 355. The van der Waals surface area contributed by atoms with Gasteiger partial charge in [-0.05, 0) is 50.8 Å². The van der Waals surface area contributed by atoms with E-state index in [9.17, 15) is 0 Å². The van der Waals surface area contributed by atoms with E-state index in [1.165, 1.54) is 12.8 Å². The first-order valence-electron chi connectivity index (χ1n) is 4.91. The van der Waals surface area contributed by atoms with Crippen molar-refractivity contribution in [1.82, 2.24) is 4.98 Å². The fraction of sp³-hybridized carbons (Fsp3) is 0.500. The summed E-state index contributed by atoms with van der Waals surface area (Å²) in [6.07, 6.45) is 4.18. The molecule has 0 radical (unpaired) electrons. The van der Waals surface area contributed by atoms with Crippen molar-refractivity contribution in [2.45, 2.75) is 18.9 Å². The number of hydrogen-bond acceptors (Lipinski definition) is 3. The average Bonchev–Trinajstić information content (AvgIpc) is 2.98. The van der Waals surface area contributed by atoms with Crippen molar-refractivity contribution in [1.29, 1.82) is 0 Å². The quantitative estimate of drug-likeness (QED) is 0.918. The average molecular weight is 336 g/mol. The molecular weight excluding hydrogens is 324 g/mol. The normalized spacial score (nSPS) is 15.4. The maximum absolute atomic E-state index is 9.03. The van der Waals surface area contributed by atoms with E-state index in [2.05, 4.69) is 41.7 Å². The Labute approximate surface area is 106 Å². The molecule has 1 aliphatic rings. The zero-order valence-electron chi connectivity index (χ0n) is 8.16. The van der Waals surface area contributed by atoms with Crippen LogP contribution >= 0.6 is 31.9 Å². The van der Waals surface area contributed by atoms with Crippen LogP contribution in [0.1, 0.15) is 12.8 Å². The molecule has 5 heteroatoms. The number of aromatic nitrogens is 1. The number of aliphatic hydroxyl groups excluding tert-OH is 1. The lowest BCUT2D eigenvalue weighted by Crippen LogP contribution is -2.30. The van der Waals surface area contributed by atoms with Gasteiger partial charge in [0.15, 0.2) is 0 Å². The van der Waals surface area contributed by atoms with Gasteiger partial charge in [0.1, 0.15) is 5.82 Å². The molecule has 0 amide bonds. The molecule has 2 rings (SSSR count). The highest BCUT2D eigenvalue weighted by atomic mass is 79.9. The van der Waals surface area contributed by atoms with E-state index in [-0.39, 0.29) is 6.61 Å². The summed E-state index contributed by atoms with van der Waals surface area (Å²) in [7, 11) is 0. The van der Waals surface area contributed by atoms with Gasteiger partial charge in [-0.2, -0.15) is 0 Å². The first-order chi connectivity index (χ1) is 7.22. The SMILES string of the molecule is OCCN(c1ncc(Br)cc1Br)C1CC1. The maximum Gasteiger partial charge on any atom is 0.143 e. The van der Waals surface area contributed by atoms with Crippen molar-refractivity contribution in [2.75, 3.05) is 18.1 Å². The monoisotopic (exact) mass is 334 g/mol. The zero-order valence-corrected chi connectivity index (χ0v) is 11.3. The highest BCUT2D eigenvalue weighted by Crippen LogP contribution is 2.34. The molecule has 0 unspecified atom stereocenters. The molecule has 1 saturated carbocycles. The number of halogens is 2. The molecule has 1 aliphatic carbocycles. The molecule has 1 N–H and O–H groups in total. The van der Waals surface area contributed by atoms with Gasteiger partial charge in [-0.25, -0.2) is 4.98 Å². The summed E-state index contributed by atoms with van der Waals surface area (Å²) in [5.74, 6) is 0.926. The van der Waals surface area contributed by atoms with E-state index in [4.69, 9.17) is 5.11 Å². The lowest BCUT2D eigenvalue weighted by atomic mass is 10.4. The second-order valence-corrected chi connectivity index (χ2v) is 5.38. The highest BCUT2D eigenvalue weighted by molar-refractivity contribution is 9.11. The van der Waals surface area contributed by atoms with Gasteiger partial charge in [-0.15, -0.1) is 0 Å². The molecule has 0 aliphatic heterocycles. The summed E-state index contributed by atoms with van der Waals surface area (Å²) in [6, 6.07) is 2.54. The second-order valence-electron chi connectivity index (χ2n) is 3.61. The van der Waals surface area contributed by atoms with Gasteiger partial charge in [-0.3, -0.25) is 0 Å². The maximum atomic E-state index is 9.03. The molecule has 15 heavy (non-hydrogen) atoms. The molecule has 82 valence electrons. The zero-order chi connectivity index (χ0) is 10.8. The van der Waals surface area contributed by atoms with Crippen LogP contribution < -0.4 is 4.90 Å². The Morgan fingerprint density at radius 1 is 1.47 bits per heavy atom. The standard InChI is InChI=1S/C10H12Br2N2O/c11-7-5-9(12)10(13-6-7)14(3-4-15)8-1-2-8/h5-6,8,15H,1-4H2. The molecule has 0 spiro atoms. The lowest BCUT2D eigenvalue weighted by Gasteiger charge is -2.23. The first kappa shape index (κ1) is 11.4. The topological polar surface area (TPSA) is 36.4 Å². The molecule has 1 aromatic rings. The number of rotatable bonds is 4. The smallest absolute Gasteiger partial charge is 0.143 e. The van der Waals surface area contributed by atoms with Crippen LogP contribution in [-0.4, -0.2) is 29.3 Å². The van der Waals surface area contributed by atoms with Crippen LogP contribution in [0.3, 0.4) is 0 Å². The summed E-state index contributed by atoms with van der Waals surface area (Å²) in [6.45, 7) is 0.818. The Morgan fingerprint density at radius 3 is 2.73 bits per heavy atom. The summed E-state index contributed by atoms with van der Waals surface area (Å²) in [5.41, 5.74) is 0. The van der Waals surface area contributed by atoms with Crippen LogP contribution in [0.5, 0.6) is 0 Å². The van der Waals surface area contributed by atoms with Crippen LogP contribution in [0.25, 0.3) is 0 Å². The third-order valence-electron chi connectivity index (χ3n) is 2.39. The van der Waals surface area contributed by atoms with Gasteiger partial charge in [0, 0.05) is 23.3 Å². The number of anilines is 1. The number of nitrogens with zero attached hydrogens (tertiary/aromatic N) is 2. The Kier molecular flexibility index (Phi) is 3.64. The predicted octanol–water partition coefficient (Wildman–Crippen LogP) is 2.57. The van der Waals surface area contributed by atoms with Crippen molar-refractivity contribution >= 4 is 37.7 Å². The van der Waals surface area contributed by atoms with E-state index < -0.39 is 0 Å². The third kappa shape index (κ3) is 2.71. The predicted molar refractivity (Wildman–Crippen MR) is 67.1 cm³/mol. The Hall–Kier alpha value is -0.130. The molecule has 1 aromatic heterocycles. The van der Waals surface area contributed by atoms with Crippen LogP contribution in [0, 0.1) is 0 Å². The molecule has 1 heterocycles. The van der Waals surface area contributed by atoms with Crippen molar-refractivity contribution in [3.63, 3.8) is 0 Å². The van der Waals surface area contributed by atoms with Crippen molar-refractivity contribution in [3.05, 3.63) is 21.2 Å². The second kappa shape index (κ2) is 4.80. The summed E-state index contributed by atoms with van der Waals surface area (Å²) < 4.78 is 1.93. The first-order valence-corrected chi connectivity index (χ1v) is 6.49. The van der Waals surface area contributed by atoms with E-state index in [0.29, 0.717) is 12.6 Å². The summed E-state index contributed by atoms with van der Waals surface area (Å²) in [5, 5.41) is 9.03. The molecule has 0 saturated heterocycles. The van der Waals surface area contributed by atoms with Crippen molar-refractivity contribution in [2.24, 2.45) is 0 Å². The van der Waals surface area contributed by atoms with Gasteiger partial charge >= 0.3 is 0 Å². The molecule has 0 atom stereocenters. The fourth-order valence-corrected chi connectivity index (χ4v) is 2.79. The van der Waals surface area contributed by atoms with Gasteiger partial charge in [0.25, 0.3) is 0 Å². The van der Waals surface area contributed by atoms with Gasteiger partial charge in [-0.1, -0.05) is 0 Å². The minimum Gasteiger partial charge on any atom is -0.395 e. The Morgan fingerprint density at radius 2 is 2.20 bits per heavy atom. The van der Waals surface area contributed by atoms with Crippen LogP contribution in [-0.2, 0) is 0 Å². The third-order valence-corrected chi connectivity index (χ3v) is 3.41. The van der Waals surface area contributed by atoms with Crippen LogP contribution in [0.2, 0.25) is 0 Å². The molecule has 3 nitrogen and oxygen atoms in total. The minimum atomic E-state index is 0.167.